The van der Waals surface area contributed by atoms with Crippen molar-refractivity contribution >= 4 is 44.8 Å². The minimum absolute atomic E-state index is 0.0938. The zero-order valence-electron chi connectivity index (χ0n) is 26.5. The number of carbonyl (C=O) groups excluding carboxylic acids is 1. The van der Waals surface area contributed by atoms with E-state index in [-0.39, 0.29) is 20.6 Å². The molecule has 2 aliphatic rings. The smallest absolute Gasteiger partial charge is 0.271 e. The molecule has 10 nitrogen and oxygen atoms in total. The van der Waals surface area contributed by atoms with Crippen LogP contribution >= 0.6 is 23.2 Å². The monoisotopic (exact) mass is 698 g/mol. The molecule has 0 saturated carbocycles. The summed E-state index contributed by atoms with van der Waals surface area (Å²) in [4.78, 5) is 21.8. The highest BCUT2D eigenvalue weighted by molar-refractivity contribution is 7.93. The zero-order chi connectivity index (χ0) is 33.5. The summed E-state index contributed by atoms with van der Waals surface area (Å²) in [5.41, 5.74) is 0.0950. The van der Waals surface area contributed by atoms with Gasteiger partial charge in [-0.1, -0.05) is 43.1 Å². The van der Waals surface area contributed by atoms with Crippen LogP contribution in [0.4, 0.5) is 5.69 Å². The number of hydrogen-bond acceptors (Lipinski definition) is 9. The summed E-state index contributed by atoms with van der Waals surface area (Å²) >= 11 is 13.3. The molecule has 3 aromatic carbocycles. The molecular weight excluding hydrogens is 663 g/mol. The molecule has 3 heterocycles. The maximum Gasteiger partial charge on any atom is 0.271 e. The van der Waals surface area contributed by atoms with E-state index in [4.69, 9.17) is 37.1 Å². The number of ether oxygens (including phenoxy) is 2. The van der Waals surface area contributed by atoms with Crippen molar-refractivity contribution in [1.29, 1.82) is 0 Å². The summed E-state index contributed by atoms with van der Waals surface area (Å²) in [6, 6.07) is 14.1. The molecule has 1 amide bonds. The Balaban J connectivity index is 1.65. The van der Waals surface area contributed by atoms with Crippen LogP contribution in [-0.4, -0.2) is 51.5 Å². The number of hydrogen-bond donors (Lipinski definition) is 1. The number of benzene rings is 3. The van der Waals surface area contributed by atoms with Crippen molar-refractivity contribution in [1.82, 2.24) is 15.2 Å². The molecule has 2 aliphatic heterocycles. The van der Waals surface area contributed by atoms with Gasteiger partial charge in [0.25, 0.3) is 15.9 Å². The lowest BCUT2D eigenvalue weighted by atomic mass is 9.80. The molecule has 0 spiro atoms. The lowest BCUT2D eigenvalue weighted by Crippen LogP contribution is -2.54. The van der Waals surface area contributed by atoms with Gasteiger partial charge in [0.15, 0.2) is 5.54 Å². The van der Waals surface area contributed by atoms with Gasteiger partial charge in [-0.25, -0.2) is 17.7 Å². The molecular formula is C34H36Cl2N4O6S. The quantitative estimate of drug-likeness (QED) is 0.186. The van der Waals surface area contributed by atoms with Crippen LogP contribution in [0.15, 0.2) is 76.4 Å². The Bertz CT molecular complexity index is 1890. The number of rotatable bonds is 11. The fraction of sp³-hybridized carbons (Fsp3) is 0.353. The van der Waals surface area contributed by atoms with Gasteiger partial charge in [0.2, 0.25) is 5.89 Å². The standard InChI is InChI=1S/C34H36Cl2N4O6S/c1-21(2)19-37-20-22-7-12-31(45-4)26(16-22)34(39-14-5-6-29(39)32-38-13-15-46-32)25-17-27(35)28(36)18-30(25)40(33(34)41)47(42,43)24-10-8-23(44-3)9-11-24/h7-13,15-18,21,29,37H,5-6,14,19-20H2,1-4H3. The van der Waals surface area contributed by atoms with E-state index >= 15 is 4.79 Å². The molecule has 1 N–H and O–H groups in total. The highest BCUT2D eigenvalue weighted by Crippen LogP contribution is 2.57. The van der Waals surface area contributed by atoms with Crippen LogP contribution in [0, 0.1) is 5.92 Å². The Morgan fingerprint density at radius 3 is 2.45 bits per heavy atom. The molecule has 0 bridgehead atoms. The van der Waals surface area contributed by atoms with Gasteiger partial charge in [-0.05, 0) is 79.4 Å². The number of anilines is 1. The summed E-state index contributed by atoms with van der Waals surface area (Å²) in [5.74, 6) is 1.01. The summed E-state index contributed by atoms with van der Waals surface area (Å²) in [7, 11) is -1.46. The molecule has 47 heavy (non-hydrogen) atoms. The van der Waals surface area contributed by atoms with Crippen molar-refractivity contribution in [2.45, 2.75) is 49.7 Å². The Hall–Kier alpha value is -3.61. The zero-order valence-corrected chi connectivity index (χ0v) is 28.8. The van der Waals surface area contributed by atoms with Crippen LogP contribution in [0.2, 0.25) is 10.0 Å². The maximum atomic E-state index is 15.5. The van der Waals surface area contributed by atoms with E-state index in [1.54, 1.807) is 12.3 Å². The first-order valence-electron chi connectivity index (χ1n) is 15.3. The summed E-state index contributed by atoms with van der Waals surface area (Å²) in [5, 5.41) is 3.74. The maximum absolute atomic E-state index is 15.5. The normalized spacial score (nSPS) is 19.9. The summed E-state index contributed by atoms with van der Waals surface area (Å²) in [6.07, 6.45) is 4.36. The highest BCUT2D eigenvalue weighted by Gasteiger charge is 2.63. The summed E-state index contributed by atoms with van der Waals surface area (Å²) < 4.78 is 47.0. The van der Waals surface area contributed by atoms with Crippen molar-refractivity contribution in [3.05, 3.63) is 99.7 Å². The van der Waals surface area contributed by atoms with Crippen molar-refractivity contribution < 1.29 is 27.1 Å². The number of oxazole rings is 1. The number of methoxy groups -OCH3 is 2. The lowest BCUT2D eigenvalue weighted by Gasteiger charge is -2.41. The lowest BCUT2D eigenvalue weighted by molar-refractivity contribution is -0.127. The van der Waals surface area contributed by atoms with E-state index in [2.05, 4.69) is 24.1 Å². The van der Waals surface area contributed by atoms with E-state index in [0.29, 0.717) is 60.4 Å². The van der Waals surface area contributed by atoms with Gasteiger partial charge < -0.3 is 19.2 Å². The molecule has 1 saturated heterocycles. The molecule has 1 aromatic heterocycles. The van der Waals surface area contributed by atoms with Crippen molar-refractivity contribution in [2.75, 3.05) is 31.6 Å². The summed E-state index contributed by atoms with van der Waals surface area (Å²) in [6.45, 7) is 5.98. The molecule has 13 heteroatoms. The predicted octanol–water partition coefficient (Wildman–Crippen LogP) is 6.56. The van der Waals surface area contributed by atoms with Crippen molar-refractivity contribution in [3.63, 3.8) is 0 Å². The van der Waals surface area contributed by atoms with E-state index in [1.807, 2.05) is 23.1 Å². The Morgan fingerprint density at radius 1 is 1.04 bits per heavy atom. The fourth-order valence-electron chi connectivity index (χ4n) is 6.63. The second kappa shape index (κ2) is 13.1. The number of nitrogens with one attached hydrogen (secondary N) is 1. The topological polar surface area (TPSA) is 114 Å². The molecule has 2 unspecified atom stereocenters. The van der Waals surface area contributed by atoms with Crippen LogP contribution in [0.25, 0.3) is 0 Å². The molecule has 0 radical (unpaired) electrons. The third-order valence-electron chi connectivity index (χ3n) is 8.69. The second-order valence-electron chi connectivity index (χ2n) is 12.0. The average Bonchev–Trinajstić information content (AvgIpc) is 3.81. The van der Waals surface area contributed by atoms with E-state index in [0.717, 1.165) is 16.4 Å². The first-order valence-corrected chi connectivity index (χ1v) is 17.5. The number of carbonyl (C=O) groups is 1. The van der Waals surface area contributed by atoms with Crippen LogP contribution in [0.5, 0.6) is 11.5 Å². The first kappa shape index (κ1) is 33.3. The second-order valence-corrected chi connectivity index (χ2v) is 14.6. The van der Waals surface area contributed by atoms with E-state index in [9.17, 15) is 8.42 Å². The Labute approximate surface area is 284 Å². The number of fused-ring (bicyclic) bond motifs is 1. The Kier molecular flexibility index (Phi) is 9.30. The number of likely N-dealkylation sites (tertiary alicyclic amines) is 1. The average molecular weight is 700 g/mol. The van der Waals surface area contributed by atoms with Gasteiger partial charge in [-0.15, -0.1) is 0 Å². The largest absolute Gasteiger partial charge is 0.497 e. The Morgan fingerprint density at radius 2 is 1.79 bits per heavy atom. The van der Waals surface area contributed by atoms with Gasteiger partial charge in [0, 0.05) is 24.2 Å². The predicted molar refractivity (Wildman–Crippen MR) is 180 cm³/mol. The number of amides is 1. The van der Waals surface area contributed by atoms with Gasteiger partial charge >= 0.3 is 0 Å². The molecule has 248 valence electrons. The minimum atomic E-state index is -4.48. The number of sulfonamides is 1. The van der Waals surface area contributed by atoms with Gasteiger partial charge in [0.1, 0.15) is 17.8 Å². The molecule has 2 atom stereocenters. The molecule has 0 aliphatic carbocycles. The third kappa shape index (κ3) is 5.67. The highest BCUT2D eigenvalue weighted by atomic mass is 35.5. The van der Waals surface area contributed by atoms with Crippen LogP contribution in [0.3, 0.4) is 0 Å². The number of nitrogens with zero attached hydrogens (tertiary/aromatic N) is 3. The van der Waals surface area contributed by atoms with Crippen LogP contribution in [0.1, 0.15) is 55.3 Å². The van der Waals surface area contributed by atoms with E-state index < -0.39 is 27.5 Å². The molecule has 6 rings (SSSR count). The van der Waals surface area contributed by atoms with Crippen LogP contribution < -0.4 is 19.1 Å². The molecule has 1 fully saturated rings. The van der Waals surface area contributed by atoms with E-state index in [1.165, 1.54) is 50.8 Å². The van der Waals surface area contributed by atoms with Gasteiger partial charge in [-0.3, -0.25) is 9.69 Å². The first-order chi connectivity index (χ1) is 22.5. The minimum Gasteiger partial charge on any atom is -0.497 e. The number of aromatic nitrogens is 1. The SMILES string of the molecule is COc1ccc(S(=O)(=O)N2C(=O)C(c3cc(CNCC(C)C)ccc3OC)(N3CCCC3c3ncco3)c3cc(Cl)c(Cl)cc32)cc1. The third-order valence-corrected chi connectivity index (χ3v) is 11.1. The fourth-order valence-corrected chi connectivity index (χ4v) is 8.40. The molecule has 4 aromatic rings. The van der Waals surface area contributed by atoms with Crippen LogP contribution in [-0.2, 0) is 26.9 Å². The van der Waals surface area contributed by atoms with Crippen molar-refractivity contribution in [3.8, 4) is 11.5 Å². The van der Waals surface area contributed by atoms with Gasteiger partial charge in [-0.2, -0.15) is 0 Å². The van der Waals surface area contributed by atoms with Gasteiger partial charge in [0.05, 0.1) is 47.1 Å². The van der Waals surface area contributed by atoms with Crippen molar-refractivity contribution in [2.24, 2.45) is 5.92 Å². The number of halogens is 2.